The molecule has 8 nitrogen and oxygen atoms in total. The maximum Gasteiger partial charge on any atom is 0.333 e. The first-order valence-electron chi connectivity index (χ1n) is 7.85. The normalized spacial score (nSPS) is 13.3. The van der Waals surface area contributed by atoms with E-state index in [0.29, 0.717) is 30.2 Å². The van der Waals surface area contributed by atoms with Crippen LogP contribution >= 0.6 is 0 Å². The van der Waals surface area contributed by atoms with Gasteiger partial charge in [0.2, 0.25) is 12.7 Å². The highest BCUT2D eigenvalue weighted by molar-refractivity contribution is 6.01. The minimum atomic E-state index is -0.586. The third-order valence-corrected chi connectivity index (χ3v) is 4.15. The monoisotopic (exact) mass is 345 g/mol. The number of fused-ring (bicyclic) bond motifs is 1. The first-order valence-corrected chi connectivity index (χ1v) is 7.85. The number of nitrogens with zero attached hydrogens (tertiary/aromatic N) is 3. The third-order valence-electron chi connectivity index (χ3n) is 4.15. The Hall–Kier alpha value is -3.03. The minimum absolute atomic E-state index is 0.0489. The second kappa shape index (κ2) is 6.46. The molecule has 0 bridgehead atoms. The van der Waals surface area contributed by atoms with Gasteiger partial charge in [0, 0.05) is 14.1 Å². The van der Waals surface area contributed by atoms with Crippen molar-refractivity contribution < 1.29 is 14.6 Å². The number of ether oxygens (including phenoxy) is 2. The summed E-state index contributed by atoms with van der Waals surface area (Å²) in [5, 5.41) is 10.2. The van der Waals surface area contributed by atoms with Crippen molar-refractivity contribution in [2.45, 2.75) is 19.9 Å². The van der Waals surface area contributed by atoms with Gasteiger partial charge in [-0.25, -0.2) is 4.79 Å². The summed E-state index contributed by atoms with van der Waals surface area (Å²) >= 11 is 0. The van der Waals surface area contributed by atoms with E-state index < -0.39 is 11.2 Å². The van der Waals surface area contributed by atoms with E-state index in [0.717, 1.165) is 14.7 Å². The molecule has 2 aromatic rings. The molecule has 132 valence electrons. The molecule has 1 aromatic heterocycles. The molecule has 0 saturated carbocycles. The Labute approximate surface area is 143 Å². The summed E-state index contributed by atoms with van der Waals surface area (Å²) in [7, 11) is 2.78. The van der Waals surface area contributed by atoms with Crippen LogP contribution in [0.3, 0.4) is 0 Å². The van der Waals surface area contributed by atoms with Crippen molar-refractivity contribution in [1.29, 1.82) is 0 Å². The Kier molecular flexibility index (Phi) is 4.35. The van der Waals surface area contributed by atoms with Crippen LogP contribution in [0.2, 0.25) is 0 Å². The second-order valence-electron chi connectivity index (χ2n) is 5.71. The van der Waals surface area contributed by atoms with E-state index in [1.54, 1.807) is 0 Å². The van der Waals surface area contributed by atoms with Crippen LogP contribution < -0.4 is 20.7 Å². The van der Waals surface area contributed by atoms with Gasteiger partial charge in [0.25, 0.3) is 5.56 Å². The van der Waals surface area contributed by atoms with E-state index in [4.69, 9.17) is 9.47 Å². The van der Waals surface area contributed by atoms with Crippen molar-refractivity contribution in [3.8, 4) is 17.4 Å². The van der Waals surface area contributed by atoms with Gasteiger partial charge in [-0.15, -0.1) is 0 Å². The maximum absolute atomic E-state index is 12.4. The lowest BCUT2D eigenvalue weighted by molar-refractivity contribution is 0.174. The zero-order valence-electron chi connectivity index (χ0n) is 14.3. The highest BCUT2D eigenvalue weighted by Crippen LogP contribution is 2.32. The predicted molar refractivity (Wildman–Crippen MR) is 91.7 cm³/mol. The molecule has 0 atom stereocenters. The van der Waals surface area contributed by atoms with Crippen LogP contribution in [0, 0.1) is 0 Å². The van der Waals surface area contributed by atoms with Gasteiger partial charge in [-0.2, -0.15) is 0 Å². The van der Waals surface area contributed by atoms with Gasteiger partial charge in [0.05, 0.1) is 12.3 Å². The van der Waals surface area contributed by atoms with Crippen LogP contribution in [0.25, 0.3) is 0 Å². The molecule has 1 aliphatic rings. The smallest absolute Gasteiger partial charge is 0.333 e. The number of aromatic hydroxyl groups is 1. The molecule has 0 radical (unpaired) electrons. The summed E-state index contributed by atoms with van der Waals surface area (Å²) in [5.74, 6) is 0.971. The van der Waals surface area contributed by atoms with E-state index in [2.05, 4.69) is 4.99 Å². The Morgan fingerprint density at radius 2 is 1.92 bits per heavy atom. The van der Waals surface area contributed by atoms with Crippen LogP contribution in [-0.4, -0.2) is 26.7 Å². The topological polar surface area (TPSA) is 95.0 Å². The molecule has 1 aliphatic heterocycles. The average Bonchev–Trinajstić information content (AvgIpc) is 3.08. The van der Waals surface area contributed by atoms with Crippen LogP contribution in [0.5, 0.6) is 17.4 Å². The molecule has 1 aromatic carbocycles. The number of benzene rings is 1. The Balaban J connectivity index is 1.99. The fourth-order valence-corrected chi connectivity index (χ4v) is 2.68. The Bertz CT molecular complexity index is 971. The fourth-order valence-electron chi connectivity index (χ4n) is 2.68. The number of hydrogen-bond donors (Lipinski definition) is 1. The quantitative estimate of drug-likeness (QED) is 0.832. The van der Waals surface area contributed by atoms with Crippen molar-refractivity contribution in [1.82, 2.24) is 9.13 Å². The maximum atomic E-state index is 12.4. The van der Waals surface area contributed by atoms with Gasteiger partial charge in [-0.3, -0.25) is 18.9 Å². The lowest BCUT2D eigenvalue weighted by Gasteiger charge is -2.11. The van der Waals surface area contributed by atoms with Crippen molar-refractivity contribution in [2.24, 2.45) is 19.1 Å². The molecule has 25 heavy (non-hydrogen) atoms. The van der Waals surface area contributed by atoms with Crippen molar-refractivity contribution >= 4 is 5.71 Å². The van der Waals surface area contributed by atoms with E-state index in [1.165, 1.54) is 14.1 Å². The standard InChI is InChI=1S/C17H19N3O5/c1-4-11(14-15(21)19(2)17(23)20(3)16(14)22)18-8-10-5-6-12-13(7-10)25-9-24-12/h5-7,21H,4,8-9H2,1-3H3. The molecule has 0 aliphatic carbocycles. The largest absolute Gasteiger partial charge is 0.494 e. The molecule has 0 saturated heterocycles. The Morgan fingerprint density at radius 1 is 1.20 bits per heavy atom. The third kappa shape index (κ3) is 2.90. The predicted octanol–water partition coefficient (Wildman–Crippen LogP) is 0.918. The molecule has 1 N–H and O–H groups in total. The summed E-state index contributed by atoms with van der Waals surface area (Å²) in [4.78, 5) is 28.7. The van der Waals surface area contributed by atoms with Crippen LogP contribution in [0.1, 0.15) is 24.5 Å². The fraction of sp³-hybridized carbons (Fsp3) is 0.353. The van der Waals surface area contributed by atoms with Gasteiger partial charge in [-0.1, -0.05) is 13.0 Å². The van der Waals surface area contributed by atoms with E-state index in [-0.39, 0.29) is 18.2 Å². The molecule has 0 fully saturated rings. The first kappa shape index (κ1) is 16.8. The Morgan fingerprint density at radius 3 is 2.64 bits per heavy atom. The summed E-state index contributed by atoms with van der Waals surface area (Å²) in [5.41, 5.74) is 0.222. The first-order chi connectivity index (χ1) is 11.9. The summed E-state index contributed by atoms with van der Waals surface area (Å²) < 4.78 is 12.6. The van der Waals surface area contributed by atoms with Gasteiger partial charge in [0.1, 0.15) is 5.56 Å². The van der Waals surface area contributed by atoms with Gasteiger partial charge >= 0.3 is 5.69 Å². The van der Waals surface area contributed by atoms with Crippen LogP contribution in [0.4, 0.5) is 0 Å². The SMILES string of the molecule is CCC(=NCc1ccc2c(c1)OCO2)c1c(O)n(C)c(=O)n(C)c1=O. The van der Waals surface area contributed by atoms with E-state index in [9.17, 15) is 14.7 Å². The molecular formula is C17H19N3O5. The summed E-state index contributed by atoms with van der Waals surface area (Å²) in [6.07, 6.45) is 0.436. The van der Waals surface area contributed by atoms with Crippen molar-refractivity contribution in [3.63, 3.8) is 0 Å². The molecule has 0 spiro atoms. The summed E-state index contributed by atoms with van der Waals surface area (Å²) in [6, 6.07) is 5.50. The van der Waals surface area contributed by atoms with Crippen LogP contribution in [-0.2, 0) is 20.6 Å². The highest BCUT2D eigenvalue weighted by Gasteiger charge is 2.19. The molecule has 2 heterocycles. The lowest BCUT2D eigenvalue weighted by Crippen LogP contribution is -2.40. The zero-order valence-corrected chi connectivity index (χ0v) is 14.3. The van der Waals surface area contributed by atoms with E-state index >= 15 is 0 Å². The van der Waals surface area contributed by atoms with Gasteiger partial charge in [-0.05, 0) is 24.1 Å². The van der Waals surface area contributed by atoms with Gasteiger partial charge in [0.15, 0.2) is 11.5 Å². The second-order valence-corrected chi connectivity index (χ2v) is 5.71. The average molecular weight is 345 g/mol. The molecule has 0 amide bonds. The zero-order chi connectivity index (χ0) is 18.1. The molecule has 0 unspecified atom stereocenters. The summed E-state index contributed by atoms with van der Waals surface area (Å²) in [6.45, 7) is 2.35. The molecule has 8 heteroatoms. The van der Waals surface area contributed by atoms with E-state index in [1.807, 2.05) is 25.1 Å². The molecule has 3 rings (SSSR count). The minimum Gasteiger partial charge on any atom is -0.494 e. The van der Waals surface area contributed by atoms with Gasteiger partial charge < -0.3 is 14.6 Å². The number of hydrogen-bond acceptors (Lipinski definition) is 6. The number of aliphatic imine (C=N–C) groups is 1. The van der Waals surface area contributed by atoms with Crippen molar-refractivity contribution in [2.75, 3.05) is 6.79 Å². The number of rotatable bonds is 4. The lowest BCUT2D eigenvalue weighted by atomic mass is 10.1. The van der Waals surface area contributed by atoms with Crippen LogP contribution in [0.15, 0.2) is 32.8 Å². The van der Waals surface area contributed by atoms with Crippen molar-refractivity contribution in [3.05, 3.63) is 50.2 Å². The molecular weight excluding hydrogens is 326 g/mol. The highest BCUT2D eigenvalue weighted by atomic mass is 16.7. The number of aromatic nitrogens is 2.